The maximum Gasteiger partial charge on any atom is 0.143 e. The molecule has 110 valence electrons. The largest absolute Gasteiger partial charge is 0.497 e. The summed E-state index contributed by atoms with van der Waals surface area (Å²) in [5.41, 5.74) is 2.74. The van der Waals surface area contributed by atoms with Gasteiger partial charge in [-0.05, 0) is 53.1 Å². The van der Waals surface area contributed by atoms with E-state index in [2.05, 4.69) is 34.2 Å². The van der Waals surface area contributed by atoms with Crippen LogP contribution in [0.1, 0.15) is 11.3 Å². The first-order chi connectivity index (χ1) is 11.3. The minimum Gasteiger partial charge on any atom is -0.497 e. The first-order valence-corrected chi connectivity index (χ1v) is 7.36. The molecule has 0 saturated heterocycles. The van der Waals surface area contributed by atoms with Crippen molar-refractivity contribution < 1.29 is 4.74 Å². The zero-order valence-electron chi connectivity index (χ0n) is 12.6. The molecule has 0 amide bonds. The van der Waals surface area contributed by atoms with Crippen molar-refractivity contribution >= 4 is 21.7 Å². The van der Waals surface area contributed by atoms with Crippen LogP contribution in [-0.2, 0) is 0 Å². The molecule has 3 aromatic carbocycles. The molecule has 0 saturated carbocycles. The average Bonchev–Trinajstić information content (AvgIpc) is 3.02. The number of benzene rings is 3. The predicted molar refractivity (Wildman–Crippen MR) is 92.6 cm³/mol. The van der Waals surface area contributed by atoms with Gasteiger partial charge in [-0.1, -0.05) is 30.2 Å². The predicted octanol–water partition coefficient (Wildman–Crippen LogP) is 4.12. The van der Waals surface area contributed by atoms with Crippen LogP contribution in [0.2, 0.25) is 0 Å². The fourth-order valence-corrected chi connectivity index (χ4v) is 2.62. The van der Waals surface area contributed by atoms with Crippen LogP contribution in [0.25, 0.3) is 21.7 Å². The second-order valence-corrected chi connectivity index (χ2v) is 5.30. The van der Waals surface area contributed by atoms with Gasteiger partial charge in [-0.3, -0.25) is 5.10 Å². The second-order valence-electron chi connectivity index (χ2n) is 5.30. The Morgan fingerprint density at radius 2 is 1.74 bits per heavy atom. The molecule has 0 aliphatic rings. The van der Waals surface area contributed by atoms with Crippen molar-refractivity contribution in [2.75, 3.05) is 7.11 Å². The third-order valence-electron chi connectivity index (χ3n) is 3.84. The Labute approximate surface area is 133 Å². The molecule has 0 atom stereocenters. The minimum absolute atomic E-state index is 0.774. The molecule has 23 heavy (non-hydrogen) atoms. The standard InChI is InChI=1S/C20H14N2O/c1-23-17-10-9-15-12-14(6-8-16(15)13-17)7-11-20-18-4-2-3-5-19(18)21-22-20/h2-6,8-10,12-13H,1H3,(H,21,22). The maximum absolute atomic E-state index is 5.25. The van der Waals surface area contributed by atoms with Crippen LogP contribution in [0, 0.1) is 11.8 Å². The van der Waals surface area contributed by atoms with Gasteiger partial charge in [0.2, 0.25) is 0 Å². The highest BCUT2D eigenvalue weighted by Gasteiger charge is 2.01. The summed E-state index contributed by atoms with van der Waals surface area (Å²) in [5, 5.41) is 10.6. The molecule has 3 heteroatoms. The Morgan fingerprint density at radius 3 is 2.65 bits per heavy atom. The van der Waals surface area contributed by atoms with Crippen LogP contribution < -0.4 is 4.74 Å². The van der Waals surface area contributed by atoms with Gasteiger partial charge in [0.15, 0.2) is 0 Å². The van der Waals surface area contributed by atoms with E-state index in [0.717, 1.165) is 38.7 Å². The van der Waals surface area contributed by atoms with Gasteiger partial charge in [0.25, 0.3) is 0 Å². The zero-order valence-corrected chi connectivity index (χ0v) is 12.6. The maximum atomic E-state index is 5.25. The third kappa shape index (κ3) is 2.51. The summed E-state index contributed by atoms with van der Waals surface area (Å²) < 4.78 is 5.25. The molecule has 0 bridgehead atoms. The number of aromatic amines is 1. The minimum atomic E-state index is 0.774. The van der Waals surface area contributed by atoms with E-state index >= 15 is 0 Å². The number of para-hydroxylation sites is 1. The van der Waals surface area contributed by atoms with E-state index < -0.39 is 0 Å². The van der Waals surface area contributed by atoms with Gasteiger partial charge in [0.1, 0.15) is 11.4 Å². The lowest BCUT2D eigenvalue weighted by Gasteiger charge is -2.02. The third-order valence-corrected chi connectivity index (χ3v) is 3.84. The van der Waals surface area contributed by atoms with E-state index in [-0.39, 0.29) is 0 Å². The lowest BCUT2D eigenvalue weighted by Crippen LogP contribution is -1.83. The molecule has 0 aliphatic heterocycles. The summed E-state index contributed by atoms with van der Waals surface area (Å²) >= 11 is 0. The lowest BCUT2D eigenvalue weighted by molar-refractivity contribution is 0.415. The Balaban J connectivity index is 1.73. The highest BCUT2D eigenvalue weighted by atomic mass is 16.5. The molecule has 4 rings (SSSR count). The Kier molecular flexibility index (Phi) is 3.21. The fourth-order valence-electron chi connectivity index (χ4n) is 2.62. The van der Waals surface area contributed by atoms with Crippen molar-refractivity contribution in [2.45, 2.75) is 0 Å². The average molecular weight is 298 g/mol. The van der Waals surface area contributed by atoms with Crippen molar-refractivity contribution in [1.82, 2.24) is 10.2 Å². The van der Waals surface area contributed by atoms with Gasteiger partial charge < -0.3 is 4.74 Å². The topological polar surface area (TPSA) is 37.9 Å². The summed E-state index contributed by atoms with van der Waals surface area (Å²) in [6, 6.07) is 20.2. The van der Waals surface area contributed by atoms with Crippen LogP contribution in [0.15, 0.2) is 60.7 Å². The number of hydrogen-bond donors (Lipinski definition) is 1. The molecular weight excluding hydrogens is 284 g/mol. The van der Waals surface area contributed by atoms with Gasteiger partial charge >= 0.3 is 0 Å². The number of rotatable bonds is 1. The normalized spacial score (nSPS) is 10.5. The van der Waals surface area contributed by atoms with Gasteiger partial charge in [0, 0.05) is 10.9 Å². The van der Waals surface area contributed by atoms with Crippen LogP contribution in [-0.4, -0.2) is 17.3 Å². The first kappa shape index (κ1) is 13.4. The zero-order chi connectivity index (χ0) is 15.6. The van der Waals surface area contributed by atoms with Crippen molar-refractivity contribution in [1.29, 1.82) is 0 Å². The number of H-pyrrole nitrogens is 1. The highest BCUT2D eigenvalue weighted by molar-refractivity contribution is 5.86. The van der Waals surface area contributed by atoms with Gasteiger partial charge in [0.05, 0.1) is 12.6 Å². The molecule has 0 radical (unpaired) electrons. The molecule has 1 aromatic heterocycles. The van der Waals surface area contributed by atoms with Crippen LogP contribution in [0.4, 0.5) is 0 Å². The van der Waals surface area contributed by atoms with Gasteiger partial charge in [-0.2, -0.15) is 5.10 Å². The second kappa shape index (κ2) is 5.51. The number of methoxy groups -OCH3 is 1. The van der Waals surface area contributed by atoms with Crippen LogP contribution in [0.5, 0.6) is 5.75 Å². The Hall–Kier alpha value is -3.25. The number of nitrogens with one attached hydrogen (secondary N) is 1. The van der Waals surface area contributed by atoms with E-state index in [0.29, 0.717) is 0 Å². The summed E-state index contributed by atoms with van der Waals surface area (Å²) in [7, 11) is 1.68. The van der Waals surface area contributed by atoms with Gasteiger partial charge in [-0.15, -0.1) is 0 Å². The summed E-state index contributed by atoms with van der Waals surface area (Å²) in [4.78, 5) is 0. The number of hydrogen-bond acceptors (Lipinski definition) is 2. The van der Waals surface area contributed by atoms with Crippen LogP contribution in [0.3, 0.4) is 0 Å². The molecule has 4 aromatic rings. The molecule has 1 heterocycles. The van der Waals surface area contributed by atoms with Crippen LogP contribution >= 0.6 is 0 Å². The number of aromatic nitrogens is 2. The quantitative estimate of drug-likeness (QED) is 0.537. The highest BCUT2D eigenvalue weighted by Crippen LogP contribution is 2.21. The van der Waals surface area contributed by atoms with Crippen molar-refractivity contribution in [3.05, 3.63) is 71.9 Å². The number of nitrogens with zero attached hydrogens (tertiary/aromatic N) is 1. The van der Waals surface area contributed by atoms with E-state index in [9.17, 15) is 0 Å². The van der Waals surface area contributed by atoms with Crippen molar-refractivity contribution in [3.8, 4) is 17.6 Å². The van der Waals surface area contributed by atoms with Gasteiger partial charge in [-0.25, -0.2) is 0 Å². The fraction of sp³-hybridized carbons (Fsp3) is 0.0500. The van der Waals surface area contributed by atoms with Crippen molar-refractivity contribution in [3.63, 3.8) is 0 Å². The smallest absolute Gasteiger partial charge is 0.143 e. The summed E-state index contributed by atoms with van der Waals surface area (Å²) in [6.45, 7) is 0. The molecule has 0 unspecified atom stereocenters. The summed E-state index contributed by atoms with van der Waals surface area (Å²) in [6.07, 6.45) is 0. The summed E-state index contributed by atoms with van der Waals surface area (Å²) in [5.74, 6) is 7.21. The number of fused-ring (bicyclic) bond motifs is 2. The molecule has 1 N–H and O–H groups in total. The lowest BCUT2D eigenvalue weighted by atomic mass is 10.1. The number of ether oxygens (including phenoxy) is 1. The van der Waals surface area contributed by atoms with E-state index in [1.807, 2.05) is 48.5 Å². The monoisotopic (exact) mass is 298 g/mol. The molecule has 3 nitrogen and oxygen atoms in total. The Morgan fingerprint density at radius 1 is 0.913 bits per heavy atom. The first-order valence-electron chi connectivity index (χ1n) is 7.36. The molecular formula is C20H14N2O. The van der Waals surface area contributed by atoms with E-state index in [4.69, 9.17) is 4.74 Å². The molecule has 0 fully saturated rings. The van der Waals surface area contributed by atoms with E-state index in [1.165, 1.54) is 0 Å². The van der Waals surface area contributed by atoms with E-state index in [1.54, 1.807) is 7.11 Å². The molecule has 0 aliphatic carbocycles. The molecule has 0 spiro atoms. The van der Waals surface area contributed by atoms with Crippen molar-refractivity contribution in [2.24, 2.45) is 0 Å². The SMILES string of the molecule is COc1ccc2cc(C#Cc3n[nH]c4ccccc34)ccc2c1. The Bertz CT molecular complexity index is 1070.